The number of aromatic nitrogens is 3. The van der Waals surface area contributed by atoms with Crippen molar-refractivity contribution in [3.63, 3.8) is 0 Å². The molecule has 8 heteroatoms. The zero-order valence-corrected chi connectivity index (χ0v) is 16.2. The normalized spacial score (nSPS) is 22.2. The summed E-state index contributed by atoms with van der Waals surface area (Å²) in [6.07, 6.45) is 6.44. The minimum absolute atomic E-state index is 0.112. The van der Waals surface area contributed by atoms with Gasteiger partial charge in [0.15, 0.2) is 0 Å². The number of pyridine rings is 1. The Bertz CT molecular complexity index is 901. The topological polar surface area (TPSA) is 78.3 Å². The van der Waals surface area contributed by atoms with Crippen molar-refractivity contribution in [1.29, 1.82) is 0 Å². The Kier molecular flexibility index (Phi) is 4.15. The Balaban J connectivity index is 1.56. The molecule has 0 aliphatic carbocycles. The van der Waals surface area contributed by atoms with E-state index in [0.29, 0.717) is 6.54 Å². The number of amides is 1. The van der Waals surface area contributed by atoms with E-state index in [1.54, 1.807) is 17.8 Å². The second-order valence-corrected chi connectivity index (χ2v) is 7.37. The number of rotatable bonds is 3. The first-order valence-corrected chi connectivity index (χ1v) is 9.08. The van der Waals surface area contributed by atoms with E-state index in [9.17, 15) is 4.79 Å². The summed E-state index contributed by atoms with van der Waals surface area (Å²) in [4.78, 5) is 18.3. The lowest BCUT2D eigenvalue weighted by molar-refractivity contribution is -0.128. The SMILES string of the molecule is CC(=O)N1CCC2=C(C1)C(C)(Nc1ccc(-c3cnn(C)c3)nc1)NN2C. The van der Waals surface area contributed by atoms with Crippen molar-refractivity contribution in [3.05, 3.63) is 42.0 Å². The Morgan fingerprint density at radius 3 is 2.74 bits per heavy atom. The minimum atomic E-state index is -0.463. The van der Waals surface area contributed by atoms with E-state index in [-0.39, 0.29) is 5.91 Å². The largest absolute Gasteiger partial charge is 0.361 e. The lowest BCUT2D eigenvalue weighted by Gasteiger charge is -2.34. The van der Waals surface area contributed by atoms with Crippen LogP contribution in [0.1, 0.15) is 20.3 Å². The Morgan fingerprint density at radius 1 is 1.30 bits per heavy atom. The lowest BCUT2D eigenvalue weighted by atomic mass is 9.96. The first-order valence-electron chi connectivity index (χ1n) is 9.08. The molecule has 2 aliphatic rings. The van der Waals surface area contributed by atoms with Crippen LogP contribution in [0.2, 0.25) is 0 Å². The van der Waals surface area contributed by atoms with Gasteiger partial charge in [-0.25, -0.2) is 5.43 Å². The van der Waals surface area contributed by atoms with Crippen LogP contribution >= 0.6 is 0 Å². The third kappa shape index (κ3) is 3.16. The number of aryl methyl sites for hydroxylation is 1. The van der Waals surface area contributed by atoms with Crippen LogP contribution in [0.3, 0.4) is 0 Å². The van der Waals surface area contributed by atoms with Gasteiger partial charge in [-0.1, -0.05) is 0 Å². The smallest absolute Gasteiger partial charge is 0.219 e. The fourth-order valence-electron chi connectivity index (χ4n) is 3.89. The van der Waals surface area contributed by atoms with E-state index in [2.05, 4.69) is 32.8 Å². The summed E-state index contributed by atoms with van der Waals surface area (Å²) >= 11 is 0. The number of hydrogen-bond acceptors (Lipinski definition) is 6. The van der Waals surface area contributed by atoms with Gasteiger partial charge in [0, 0.05) is 63.6 Å². The molecule has 1 unspecified atom stereocenters. The van der Waals surface area contributed by atoms with Crippen LogP contribution in [0.15, 0.2) is 42.0 Å². The van der Waals surface area contributed by atoms with Crippen LogP contribution in [-0.2, 0) is 11.8 Å². The highest BCUT2D eigenvalue weighted by atomic mass is 16.2. The van der Waals surface area contributed by atoms with E-state index in [4.69, 9.17) is 0 Å². The van der Waals surface area contributed by atoms with E-state index >= 15 is 0 Å². The van der Waals surface area contributed by atoms with Crippen LogP contribution in [0.25, 0.3) is 11.3 Å². The van der Waals surface area contributed by atoms with Gasteiger partial charge in [0.25, 0.3) is 0 Å². The van der Waals surface area contributed by atoms with Crippen LogP contribution < -0.4 is 10.7 Å². The van der Waals surface area contributed by atoms with Gasteiger partial charge in [0.2, 0.25) is 5.91 Å². The summed E-state index contributed by atoms with van der Waals surface area (Å²) < 4.78 is 1.76. The predicted octanol–water partition coefficient (Wildman–Crippen LogP) is 1.57. The highest BCUT2D eigenvalue weighted by molar-refractivity contribution is 5.74. The third-order valence-electron chi connectivity index (χ3n) is 5.32. The highest BCUT2D eigenvalue weighted by Crippen LogP contribution is 2.35. The first-order chi connectivity index (χ1) is 12.9. The molecule has 2 aromatic rings. The second-order valence-electron chi connectivity index (χ2n) is 7.37. The molecule has 0 aromatic carbocycles. The molecule has 0 radical (unpaired) electrons. The van der Waals surface area contributed by atoms with Crippen molar-refractivity contribution >= 4 is 11.6 Å². The second kappa shape index (κ2) is 6.38. The average molecular weight is 367 g/mol. The predicted molar refractivity (Wildman–Crippen MR) is 103 cm³/mol. The quantitative estimate of drug-likeness (QED) is 0.857. The molecule has 2 aromatic heterocycles. The van der Waals surface area contributed by atoms with Crippen LogP contribution in [-0.4, -0.2) is 56.4 Å². The van der Waals surface area contributed by atoms with Crippen LogP contribution in [0.5, 0.6) is 0 Å². The molecule has 27 heavy (non-hydrogen) atoms. The highest BCUT2D eigenvalue weighted by Gasteiger charge is 2.42. The van der Waals surface area contributed by atoms with Crippen LogP contribution in [0, 0.1) is 0 Å². The lowest BCUT2D eigenvalue weighted by Crippen LogP contribution is -2.52. The van der Waals surface area contributed by atoms with Crippen molar-refractivity contribution in [1.82, 2.24) is 30.1 Å². The van der Waals surface area contributed by atoms with Gasteiger partial charge in [-0.2, -0.15) is 5.10 Å². The number of nitrogens with zero attached hydrogens (tertiary/aromatic N) is 5. The summed E-state index contributed by atoms with van der Waals surface area (Å²) in [7, 11) is 3.91. The van der Waals surface area contributed by atoms with Gasteiger partial charge < -0.3 is 15.2 Å². The Labute approximate surface area is 158 Å². The monoisotopic (exact) mass is 367 g/mol. The van der Waals surface area contributed by atoms with Crippen LogP contribution in [0.4, 0.5) is 5.69 Å². The molecule has 2 aliphatic heterocycles. The van der Waals surface area contributed by atoms with E-state index in [1.807, 2.05) is 43.5 Å². The van der Waals surface area contributed by atoms with Crippen molar-refractivity contribution in [2.24, 2.45) is 7.05 Å². The summed E-state index contributed by atoms with van der Waals surface area (Å²) in [5.41, 5.74) is 8.28. The van der Waals surface area contributed by atoms with E-state index in [1.165, 1.54) is 11.3 Å². The number of carbonyl (C=O) groups excluding carboxylic acids is 1. The molecule has 0 bridgehead atoms. The molecular weight excluding hydrogens is 342 g/mol. The fraction of sp³-hybridized carbons (Fsp3) is 0.421. The molecule has 4 rings (SSSR count). The Hall–Kier alpha value is -2.87. The summed E-state index contributed by atoms with van der Waals surface area (Å²) in [6, 6.07) is 4.01. The summed E-state index contributed by atoms with van der Waals surface area (Å²) in [5.74, 6) is 0.112. The maximum Gasteiger partial charge on any atom is 0.219 e. The van der Waals surface area contributed by atoms with Crippen molar-refractivity contribution < 1.29 is 4.79 Å². The summed E-state index contributed by atoms with van der Waals surface area (Å²) in [5, 5.41) is 9.82. The minimum Gasteiger partial charge on any atom is -0.361 e. The maximum atomic E-state index is 11.8. The van der Waals surface area contributed by atoms with Gasteiger partial charge in [0.1, 0.15) is 5.66 Å². The first kappa shape index (κ1) is 17.5. The molecule has 1 amide bonds. The van der Waals surface area contributed by atoms with E-state index in [0.717, 1.165) is 29.9 Å². The zero-order valence-electron chi connectivity index (χ0n) is 16.2. The number of nitrogens with one attached hydrogen (secondary N) is 2. The van der Waals surface area contributed by atoms with E-state index < -0.39 is 5.66 Å². The summed E-state index contributed by atoms with van der Waals surface area (Å²) in [6.45, 7) is 5.12. The van der Waals surface area contributed by atoms with Crippen molar-refractivity contribution in [2.75, 3.05) is 25.5 Å². The number of hydrogen-bond donors (Lipinski definition) is 2. The van der Waals surface area contributed by atoms with Gasteiger partial charge in [-0.3, -0.25) is 14.5 Å². The number of hydrazine groups is 1. The average Bonchev–Trinajstić information content (AvgIpc) is 3.17. The van der Waals surface area contributed by atoms with Crippen molar-refractivity contribution in [2.45, 2.75) is 25.9 Å². The number of carbonyl (C=O) groups is 1. The standard InChI is InChI=1S/C19H25N7O/c1-13(27)26-8-7-18-16(12-26)19(2,23-25(18)4)22-15-5-6-17(20-10-15)14-9-21-24(3)11-14/h5-6,9-11,22-23H,7-8,12H2,1-4H3. The molecule has 142 valence electrons. The molecule has 0 spiro atoms. The third-order valence-corrected chi connectivity index (χ3v) is 5.32. The molecule has 1 atom stereocenters. The van der Waals surface area contributed by atoms with Crippen molar-refractivity contribution in [3.8, 4) is 11.3 Å². The molecular formula is C19H25N7O. The molecule has 0 saturated carbocycles. The van der Waals surface area contributed by atoms with Gasteiger partial charge in [0.05, 0.1) is 23.8 Å². The zero-order chi connectivity index (χ0) is 19.2. The molecule has 0 fully saturated rings. The molecule has 8 nitrogen and oxygen atoms in total. The molecule has 0 saturated heterocycles. The van der Waals surface area contributed by atoms with Gasteiger partial charge in [-0.15, -0.1) is 0 Å². The maximum absolute atomic E-state index is 11.8. The Morgan fingerprint density at radius 2 is 2.11 bits per heavy atom. The van der Waals surface area contributed by atoms with Gasteiger partial charge >= 0.3 is 0 Å². The van der Waals surface area contributed by atoms with Gasteiger partial charge in [-0.05, 0) is 19.1 Å². The fourth-order valence-corrected chi connectivity index (χ4v) is 3.89. The molecule has 2 N–H and O–H groups in total. The number of anilines is 1. The molecule has 4 heterocycles.